The molecule has 3 nitrogen and oxygen atoms in total. The molecular formula is C6H2BrN2O-. The van der Waals surface area contributed by atoms with Gasteiger partial charge in [0.2, 0.25) is 0 Å². The summed E-state index contributed by atoms with van der Waals surface area (Å²) in [4.78, 5) is 3.42. The summed E-state index contributed by atoms with van der Waals surface area (Å²) in [5.41, 5.74) is 0.0642. The Bertz CT molecular complexity index is 292. The maximum atomic E-state index is 10.6. The van der Waals surface area contributed by atoms with Crippen molar-refractivity contribution in [2.45, 2.75) is 0 Å². The van der Waals surface area contributed by atoms with Gasteiger partial charge in [-0.25, -0.2) is 0 Å². The molecular weight excluding hydrogens is 196 g/mol. The zero-order valence-corrected chi connectivity index (χ0v) is 6.42. The van der Waals surface area contributed by atoms with E-state index in [2.05, 4.69) is 20.9 Å². The molecule has 0 spiro atoms. The summed E-state index contributed by atoms with van der Waals surface area (Å²) in [6.07, 6.45) is 1.36. The normalized spacial score (nSPS) is 8.80. The first-order valence-corrected chi connectivity index (χ1v) is 3.26. The minimum Gasteiger partial charge on any atom is -0.858 e. The molecule has 0 aliphatic heterocycles. The minimum absolute atomic E-state index is 0.0642. The number of halogens is 1. The lowest BCUT2D eigenvalue weighted by atomic mass is 10.3. The highest BCUT2D eigenvalue weighted by molar-refractivity contribution is 9.10. The third-order valence-corrected chi connectivity index (χ3v) is 1.37. The molecule has 1 heterocycles. The molecule has 0 aromatic carbocycles. The number of aromatic nitrogens is 1. The molecule has 10 heavy (non-hydrogen) atoms. The van der Waals surface area contributed by atoms with E-state index in [9.17, 15) is 5.11 Å². The van der Waals surface area contributed by atoms with E-state index in [1.54, 1.807) is 6.07 Å². The summed E-state index contributed by atoms with van der Waals surface area (Å²) in [5.74, 6) is -0.481. The Morgan fingerprint density at radius 3 is 2.90 bits per heavy atom. The summed E-state index contributed by atoms with van der Waals surface area (Å²) in [5, 5.41) is 19.0. The van der Waals surface area contributed by atoms with Crippen LogP contribution in [0.5, 0.6) is 5.88 Å². The molecule has 0 N–H and O–H groups in total. The van der Waals surface area contributed by atoms with E-state index in [-0.39, 0.29) is 5.56 Å². The number of rotatable bonds is 0. The molecule has 0 amide bonds. The van der Waals surface area contributed by atoms with Gasteiger partial charge in [-0.1, -0.05) is 0 Å². The van der Waals surface area contributed by atoms with Gasteiger partial charge in [0, 0.05) is 16.5 Å². The molecule has 1 aromatic heterocycles. The van der Waals surface area contributed by atoms with E-state index in [0.29, 0.717) is 4.47 Å². The number of pyridine rings is 1. The van der Waals surface area contributed by atoms with Crippen LogP contribution in [0.3, 0.4) is 0 Å². The van der Waals surface area contributed by atoms with Gasteiger partial charge in [-0.05, 0) is 22.0 Å². The van der Waals surface area contributed by atoms with E-state index in [4.69, 9.17) is 5.26 Å². The van der Waals surface area contributed by atoms with Crippen molar-refractivity contribution in [1.82, 2.24) is 4.98 Å². The van der Waals surface area contributed by atoms with Crippen LogP contribution in [-0.4, -0.2) is 4.98 Å². The van der Waals surface area contributed by atoms with Gasteiger partial charge in [0.05, 0.1) is 5.56 Å². The van der Waals surface area contributed by atoms with E-state index in [0.717, 1.165) is 0 Å². The zero-order chi connectivity index (χ0) is 7.56. The Hall–Kier alpha value is -1.08. The van der Waals surface area contributed by atoms with Crippen LogP contribution in [0.15, 0.2) is 16.7 Å². The summed E-state index contributed by atoms with van der Waals surface area (Å²) >= 11 is 3.08. The van der Waals surface area contributed by atoms with Crippen LogP contribution in [-0.2, 0) is 0 Å². The fraction of sp³-hybridized carbons (Fsp3) is 0. The van der Waals surface area contributed by atoms with Crippen LogP contribution in [0.1, 0.15) is 5.56 Å². The van der Waals surface area contributed by atoms with E-state index < -0.39 is 5.88 Å². The molecule has 0 saturated carbocycles. The van der Waals surface area contributed by atoms with Crippen LogP contribution >= 0.6 is 15.9 Å². The summed E-state index contributed by atoms with van der Waals surface area (Å²) in [6, 6.07) is 3.17. The summed E-state index contributed by atoms with van der Waals surface area (Å²) in [6.45, 7) is 0. The lowest BCUT2D eigenvalue weighted by molar-refractivity contribution is -0.275. The van der Waals surface area contributed by atoms with Crippen LogP contribution in [0.4, 0.5) is 0 Å². The third kappa shape index (κ3) is 1.25. The topological polar surface area (TPSA) is 59.7 Å². The van der Waals surface area contributed by atoms with Crippen LogP contribution in [0.2, 0.25) is 0 Å². The number of hydrogen-bond acceptors (Lipinski definition) is 3. The zero-order valence-electron chi connectivity index (χ0n) is 4.84. The van der Waals surface area contributed by atoms with Gasteiger partial charge < -0.3 is 5.11 Å². The fourth-order valence-corrected chi connectivity index (χ4v) is 0.838. The fourth-order valence-electron chi connectivity index (χ4n) is 0.507. The highest BCUT2D eigenvalue weighted by atomic mass is 79.9. The molecule has 0 fully saturated rings. The van der Waals surface area contributed by atoms with Gasteiger partial charge in [-0.3, -0.25) is 4.98 Å². The smallest absolute Gasteiger partial charge is 0.100 e. The molecule has 1 aromatic rings. The molecule has 0 saturated heterocycles. The predicted octanol–water partition coefficient (Wildman–Crippen LogP) is 0.789. The van der Waals surface area contributed by atoms with Crippen molar-refractivity contribution in [1.29, 1.82) is 5.26 Å². The van der Waals surface area contributed by atoms with Crippen molar-refractivity contribution in [2.24, 2.45) is 0 Å². The second-order valence-electron chi connectivity index (χ2n) is 1.62. The molecule has 0 atom stereocenters. The standard InChI is InChI=1S/C6H3BrN2O/c7-5-1-4(2-8)6(10)9-3-5/h1,3H,(H,9,10)/p-1. The average molecular weight is 198 g/mol. The van der Waals surface area contributed by atoms with Crippen LogP contribution in [0, 0.1) is 11.3 Å². The largest absolute Gasteiger partial charge is 0.858 e. The summed E-state index contributed by atoms with van der Waals surface area (Å²) < 4.78 is 0.642. The molecule has 0 aliphatic rings. The van der Waals surface area contributed by atoms with Gasteiger partial charge in [0.25, 0.3) is 0 Å². The Morgan fingerprint density at radius 2 is 2.40 bits per heavy atom. The number of nitriles is 1. The molecule has 0 radical (unpaired) electrons. The quantitative estimate of drug-likeness (QED) is 0.619. The van der Waals surface area contributed by atoms with Crippen molar-refractivity contribution in [3.63, 3.8) is 0 Å². The second kappa shape index (κ2) is 2.67. The highest BCUT2D eigenvalue weighted by Crippen LogP contribution is 2.14. The van der Waals surface area contributed by atoms with Gasteiger partial charge in [-0.15, -0.1) is 0 Å². The average Bonchev–Trinajstić information content (AvgIpc) is 1.94. The molecule has 0 aliphatic carbocycles. The first-order chi connectivity index (χ1) is 4.74. The molecule has 0 bridgehead atoms. The van der Waals surface area contributed by atoms with Gasteiger partial charge in [0.1, 0.15) is 6.07 Å². The first kappa shape index (κ1) is 7.03. The van der Waals surface area contributed by atoms with Gasteiger partial charge >= 0.3 is 0 Å². The van der Waals surface area contributed by atoms with Crippen LogP contribution in [0.25, 0.3) is 0 Å². The second-order valence-corrected chi connectivity index (χ2v) is 2.53. The van der Waals surface area contributed by atoms with Crippen molar-refractivity contribution >= 4 is 15.9 Å². The van der Waals surface area contributed by atoms with E-state index in [1.165, 1.54) is 12.3 Å². The first-order valence-electron chi connectivity index (χ1n) is 2.46. The Labute approximate surface area is 66.1 Å². The van der Waals surface area contributed by atoms with Crippen molar-refractivity contribution in [3.05, 3.63) is 22.3 Å². The Morgan fingerprint density at radius 1 is 1.70 bits per heavy atom. The Balaban J connectivity index is 3.25. The molecule has 4 heteroatoms. The molecule has 0 unspecified atom stereocenters. The van der Waals surface area contributed by atoms with Crippen molar-refractivity contribution in [3.8, 4) is 11.9 Å². The lowest BCUT2D eigenvalue weighted by Gasteiger charge is -2.04. The predicted molar refractivity (Wildman–Crippen MR) is 36.1 cm³/mol. The number of nitrogens with zero attached hydrogens (tertiary/aromatic N) is 2. The molecule has 1 rings (SSSR count). The lowest BCUT2D eigenvalue weighted by Crippen LogP contribution is -1.96. The maximum Gasteiger partial charge on any atom is 0.100 e. The number of hydrogen-bond donors (Lipinski definition) is 0. The Kier molecular flexibility index (Phi) is 1.88. The summed E-state index contributed by atoms with van der Waals surface area (Å²) in [7, 11) is 0. The monoisotopic (exact) mass is 197 g/mol. The SMILES string of the molecule is N#Cc1cc(Br)cnc1[O-]. The van der Waals surface area contributed by atoms with Crippen LogP contribution < -0.4 is 5.11 Å². The van der Waals surface area contributed by atoms with Crippen molar-refractivity contribution in [2.75, 3.05) is 0 Å². The van der Waals surface area contributed by atoms with E-state index >= 15 is 0 Å². The van der Waals surface area contributed by atoms with Gasteiger partial charge in [-0.2, -0.15) is 5.26 Å². The minimum atomic E-state index is -0.481. The highest BCUT2D eigenvalue weighted by Gasteiger charge is 1.92. The van der Waals surface area contributed by atoms with Gasteiger partial charge in [0.15, 0.2) is 0 Å². The maximum absolute atomic E-state index is 10.6. The molecule has 50 valence electrons. The van der Waals surface area contributed by atoms with Crippen molar-refractivity contribution < 1.29 is 5.11 Å². The third-order valence-electron chi connectivity index (χ3n) is 0.938. The van der Waals surface area contributed by atoms with E-state index in [1.807, 2.05) is 0 Å².